The molecule has 0 aromatic heterocycles. The first-order valence-electron chi connectivity index (χ1n) is 33.3. The molecular formula is C75H122O6. The maximum absolute atomic E-state index is 12.9. The largest absolute Gasteiger partial charge is 0.462 e. The van der Waals surface area contributed by atoms with Crippen LogP contribution in [0.3, 0.4) is 0 Å². The summed E-state index contributed by atoms with van der Waals surface area (Å²) in [6, 6.07) is 0. The third kappa shape index (κ3) is 66.0. The third-order valence-corrected chi connectivity index (χ3v) is 13.8. The van der Waals surface area contributed by atoms with Gasteiger partial charge in [-0.15, -0.1) is 0 Å². The molecule has 1 atom stereocenters. The zero-order valence-corrected chi connectivity index (χ0v) is 52.5. The Hall–Kier alpha value is -4.71. The number of esters is 3. The lowest BCUT2D eigenvalue weighted by atomic mass is 10.0. The molecule has 6 heteroatoms. The minimum Gasteiger partial charge on any atom is -0.462 e. The average Bonchev–Trinajstić information content (AvgIpc) is 3.47. The molecule has 0 aromatic carbocycles. The van der Waals surface area contributed by atoms with Crippen molar-refractivity contribution in [3.05, 3.63) is 146 Å². The summed E-state index contributed by atoms with van der Waals surface area (Å²) in [5.74, 6) is -0.929. The van der Waals surface area contributed by atoms with Crippen LogP contribution < -0.4 is 0 Å². The van der Waals surface area contributed by atoms with Gasteiger partial charge in [0.1, 0.15) is 13.2 Å². The summed E-state index contributed by atoms with van der Waals surface area (Å²) in [4.78, 5) is 38.2. The number of unbranched alkanes of at least 4 members (excludes halogenated alkanes) is 24. The fraction of sp³-hybridized carbons (Fsp3) is 0.640. The number of allylic oxidation sites excluding steroid dienone is 24. The molecule has 6 nitrogen and oxygen atoms in total. The highest BCUT2D eigenvalue weighted by Crippen LogP contribution is 2.16. The smallest absolute Gasteiger partial charge is 0.306 e. The van der Waals surface area contributed by atoms with Gasteiger partial charge in [-0.25, -0.2) is 0 Å². The molecule has 0 radical (unpaired) electrons. The van der Waals surface area contributed by atoms with Crippen molar-refractivity contribution in [2.24, 2.45) is 0 Å². The van der Waals surface area contributed by atoms with Gasteiger partial charge >= 0.3 is 17.9 Å². The molecule has 0 saturated heterocycles. The van der Waals surface area contributed by atoms with Crippen molar-refractivity contribution in [2.45, 2.75) is 297 Å². The van der Waals surface area contributed by atoms with Crippen LogP contribution in [-0.4, -0.2) is 37.2 Å². The summed E-state index contributed by atoms with van der Waals surface area (Å²) in [6.45, 7) is 6.37. The highest BCUT2D eigenvalue weighted by molar-refractivity contribution is 5.71. The predicted octanol–water partition coefficient (Wildman–Crippen LogP) is 23.1. The van der Waals surface area contributed by atoms with Crippen LogP contribution >= 0.6 is 0 Å². The fourth-order valence-electron chi connectivity index (χ4n) is 8.92. The molecule has 0 spiro atoms. The van der Waals surface area contributed by atoms with Gasteiger partial charge in [0.15, 0.2) is 6.10 Å². The monoisotopic (exact) mass is 1120 g/mol. The number of hydrogen-bond acceptors (Lipinski definition) is 6. The maximum Gasteiger partial charge on any atom is 0.306 e. The summed E-state index contributed by atoms with van der Waals surface area (Å²) >= 11 is 0. The molecule has 0 saturated carbocycles. The second-order valence-corrected chi connectivity index (χ2v) is 21.6. The van der Waals surface area contributed by atoms with Gasteiger partial charge in [0.2, 0.25) is 0 Å². The minimum absolute atomic E-state index is 0.0940. The molecule has 1 unspecified atom stereocenters. The zero-order chi connectivity index (χ0) is 58.5. The van der Waals surface area contributed by atoms with Crippen LogP contribution in [0.4, 0.5) is 0 Å². The van der Waals surface area contributed by atoms with Crippen molar-refractivity contribution in [1.82, 2.24) is 0 Å². The van der Waals surface area contributed by atoms with E-state index in [1.165, 1.54) is 109 Å². The summed E-state index contributed by atoms with van der Waals surface area (Å²) < 4.78 is 16.9. The van der Waals surface area contributed by atoms with Gasteiger partial charge in [-0.2, -0.15) is 0 Å². The van der Waals surface area contributed by atoms with E-state index in [9.17, 15) is 14.4 Å². The van der Waals surface area contributed by atoms with Gasteiger partial charge < -0.3 is 14.2 Å². The first-order valence-corrected chi connectivity index (χ1v) is 33.3. The van der Waals surface area contributed by atoms with Crippen molar-refractivity contribution in [2.75, 3.05) is 13.2 Å². The van der Waals surface area contributed by atoms with Gasteiger partial charge in [-0.3, -0.25) is 14.4 Å². The number of carbonyl (C=O) groups is 3. The topological polar surface area (TPSA) is 78.9 Å². The van der Waals surface area contributed by atoms with Crippen LogP contribution in [-0.2, 0) is 28.6 Å². The molecule has 0 amide bonds. The van der Waals surface area contributed by atoms with Gasteiger partial charge in [0, 0.05) is 19.3 Å². The Morgan fingerprint density at radius 2 is 0.481 bits per heavy atom. The summed E-state index contributed by atoms with van der Waals surface area (Å²) in [5.41, 5.74) is 0. The minimum atomic E-state index is -0.800. The molecule has 0 aliphatic heterocycles. The molecule has 0 aliphatic rings. The normalized spacial score (nSPS) is 13.1. The second-order valence-electron chi connectivity index (χ2n) is 21.6. The van der Waals surface area contributed by atoms with Gasteiger partial charge in [-0.05, 0) is 122 Å². The van der Waals surface area contributed by atoms with Gasteiger partial charge in [-0.1, -0.05) is 295 Å². The third-order valence-electron chi connectivity index (χ3n) is 13.8. The summed E-state index contributed by atoms with van der Waals surface area (Å²) in [5, 5.41) is 0. The molecule has 0 aliphatic carbocycles. The Kier molecular flexibility index (Phi) is 63.9. The molecule has 0 N–H and O–H groups in total. The second kappa shape index (κ2) is 67.8. The van der Waals surface area contributed by atoms with Crippen LogP contribution in [0.5, 0.6) is 0 Å². The van der Waals surface area contributed by atoms with Crippen molar-refractivity contribution in [1.29, 1.82) is 0 Å². The SMILES string of the molecule is CC/C=C\C/C=C\C/C=C\C/C=C\C/C=C\C/C=C\C/C=C\CCCCCC(=O)OC(COC(=O)CCCCCCCCCCC)COC(=O)CCCCCCCCCCCCCCC/C=C\C/C=C\C/C=C\C/C=C\C/C=C\CC. The average molecular weight is 1120 g/mol. The Balaban J connectivity index is 4.27. The number of hydrogen-bond donors (Lipinski definition) is 0. The Morgan fingerprint density at radius 3 is 0.765 bits per heavy atom. The number of ether oxygens (including phenoxy) is 3. The van der Waals surface area contributed by atoms with Crippen molar-refractivity contribution in [3.8, 4) is 0 Å². The predicted molar refractivity (Wildman–Crippen MR) is 352 cm³/mol. The van der Waals surface area contributed by atoms with E-state index in [2.05, 4.69) is 167 Å². The molecule has 0 rings (SSSR count). The van der Waals surface area contributed by atoms with Crippen LogP contribution in [0.1, 0.15) is 290 Å². The van der Waals surface area contributed by atoms with E-state index in [0.29, 0.717) is 12.8 Å². The van der Waals surface area contributed by atoms with E-state index in [1.54, 1.807) is 0 Å². The number of rotatable bonds is 59. The maximum atomic E-state index is 12.9. The van der Waals surface area contributed by atoms with Crippen LogP contribution in [0.25, 0.3) is 0 Å². The lowest BCUT2D eigenvalue weighted by Gasteiger charge is -2.18. The Morgan fingerprint density at radius 1 is 0.259 bits per heavy atom. The van der Waals surface area contributed by atoms with Crippen molar-refractivity contribution < 1.29 is 28.6 Å². The van der Waals surface area contributed by atoms with E-state index in [4.69, 9.17) is 14.2 Å². The molecular weight excluding hydrogens is 997 g/mol. The highest BCUT2D eigenvalue weighted by Gasteiger charge is 2.19. The fourth-order valence-corrected chi connectivity index (χ4v) is 8.92. The van der Waals surface area contributed by atoms with E-state index < -0.39 is 6.10 Å². The first kappa shape index (κ1) is 76.3. The summed E-state index contributed by atoms with van der Waals surface area (Å²) in [7, 11) is 0. The van der Waals surface area contributed by atoms with Gasteiger partial charge in [0.25, 0.3) is 0 Å². The molecule has 0 fully saturated rings. The molecule has 81 heavy (non-hydrogen) atoms. The lowest BCUT2D eigenvalue weighted by Crippen LogP contribution is -2.30. The molecule has 0 heterocycles. The molecule has 458 valence electrons. The molecule has 0 aromatic rings. The summed E-state index contributed by atoms with van der Waals surface area (Å²) in [6.07, 6.45) is 97.3. The van der Waals surface area contributed by atoms with E-state index >= 15 is 0 Å². The van der Waals surface area contributed by atoms with Gasteiger partial charge in [0.05, 0.1) is 0 Å². The van der Waals surface area contributed by atoms with Crippen LogP contribution in [0.2, 0.25) is 0 Å². The van der Waals surface area contributed by atoms with Crippen molar-refractivity contribution >= 4 is 17.9 Å². The zero-order valence-electron chi connectivity index (χ0n) is 52.5. The Bertz CT molecular complexity index is 1760. The lowest BCUT2D eigenvalue weighted by molar-refractivity contribution is -0.167. The van der Waals surface area contributed by atoms with E-state index in [0.717, 1.165) is 141 Å². The van der Waals surface area contributed by atoms with Crippen LogP contribution in [0, 0.1) is 0 Å². The Labute approximate surface area is 499 Å². The van der Waals surface area contributed by atoms with Crippen LogP contribution in [0.15, 0.2) is 146 Å². The van der Waals surface area contributed by atoms with E-state index in [1.807, 2.05) is 0 Å². The first-order chi connectivity index (χ1) is 40.0. The van der Waals surface area contributed by atoms with E-state index in [-0.39, 0.29) is 37.5 Å². The highest BCUT2D eigenvalue weighted by atomic mass is 16.6. The molecule has 0 bridgehead atoms. The quantitative estimate of drug-likeness (QED) is 0.0261. The standard InChI is InChI=1S/C75H122O6/c1-4-7-10-13-16-19-21-23-25-27-29-31-33-35-36-37-38-40-41-43-45-47-49-51-53-56-59-62-65-68-74(77)80-71-72(70-79-73(76)67-64-61-58-55-18-15-12-9-6-3)81-75(78)69-66-63-60-57-54-52-50-48-46-44-42-39-34-32-30-28-26-24-22-20-17-14-11-8-5-2/h7-8,10-11,16-17,19-20,23-26,29-32,35-36,39,42,46,48,52,54,72H,4-6,9,12-15,18,21-22,27-28,33-34,37-38,40-41,43-45,47,49-51,53,55-71H2,1-3H3/b10-7-,11-8-,19-16-,20-17-,25-23-,26-24-,31-29-,32-30-,36-35-,42-39-,48-46-,54-52-. The van der Waals surface area contributed by atoms with Crippen molar-refractivity contribution in [3.63, 3.8) is 0 Å². The number of carbonyl (C=O) groups excluding carboxylic acids is 3.